The number of carbonyl (C=O) groups excluding carboxylic acids is 1. The number of piperidine rings is 1. The van der Waals surface area contributed by atoms with E-state index >= 15 is 0 Å². The number of amides is 2. The molecule has 9 heteroatoms. The molecule has 1 saturated carbocycles. The lowest BCUT2D eigenvalue weighted by atomic mass is 9.97. The predicted octanol–water partition coefficient (Wildman–Crippen LogP) is 0.729. The van der Waals surface area contributed by atoms with Crippen LogP contribution in [0.3, 0.4) is 0 Å². The Bertz CT molecular complexity index is 870. The van der Waals surface area contributed by atoms with Crippen molar-refractivity contribution in [2.24, 2.45) is 5.92 Å². The molecule has 8 nitrogen and oxygen atoms in total. The first kappa shape index (κ1) is 18.5. The molecule has 0 bridgehead atoms. The Morgan fingerprint density at radius 1 is 1.15 bits per heavy atom. The zero-order valence-corrected chi connectivity index (χ0v) is 16.2. The fraction of sp³-hybridized carbons (Fsp3) is 0.722. The van der Waals surface area contributed by atoms with Gasteiger partial charge in [0.05, 0.1) is 17.2 Å². The molecule has 1 N–H and O–H groups in total. The monoisotopic (exact) mass is 394 g/mol. The van der Waals surface area contributed by atoms with Gasteiger partial charge in [-0.05, 0) is 44.1 Å². The van der Waals surface area contributed by atoms with Gasteiger partial charge < -0.3 is 10.2 Å². The summed E-state index contributed by atoms with van der Waals surface area (Å²) in [6.07, 6.45) is 4.44. The van der Waals surface area contributed by atoms with E-state index in [-0.39, 0.29) is 29.1 Å². The van der Waals surface area contributed by atoms with Crippen molar-refractivity contribution in [2.75, 3.05) is 24.6 Å². The number of sulfone groups is 1. The predicted molar refractivity (Wildman–Crippen MR) is 100 cm³/mol. The van der Waals surface area contributed by atoms with Gasteiger partial charge in [0.2, 0.25) is 0 Å². The lowest BCUT2D eigenvalue weighted by Gasteiger charge is -2.32. The first-order valence-electron chi connectivity index (χ1n) is 9.73. The van der Waals surface area contributed by atoms with Crippen LogP contribution in [0.1, 0.15) is 43.7 Å². The van der Waals surface area contributed by atoms with Crippen molar-refractivity contribution >= 4 is 15.9 Å². The Labute approximate surface area is 158 Å². The smallest absolute Gasteiger partial charge is 0.317 e. The van der Waals surface area contributed by atoms with Crippen molar-refractivity contribution in [2.45, 2.75) is 50.6 Å². The number of rotatable bonds is 4. The molecular formula is C18H26N4O4S. The molecule has 3 aliphatic rings. The Morgan fingerprint density at radius 3 is 2.52 bits per heavy atom. The zero-order valence-electron chi connectivity index (χ0n) is 15.3. The molecule has 1 aromatic rings. The van der Waals surface area contributed by atoms with Crippen molar-refractivity contribution in [1.29, 1.82) is 0 Å². The number of urea groups is 1. The summed E-state index contributed by atoms with van der Waals surface area (Å²) in [6.45, 7) is 1.83. The van der Waals surface area contributed by atoms with Gasteiger partial charge in [0.15, 0.2) is 9.84 Å². The van der Waals surface area contributed by atoms with Crippen LogP contribution in [0.25, 0.3) is 0 Å². The summed E-state index contributed by atoms with van der Waals surface area (Å²) in [5, 5.41) is 7.36. The molecule has 27 heavy (non-hydrogen) atoms. The summed E-state index contributed by atoms with van der Waals surface area (Å²) in [5.41, 5.74) is 0.944. The van der Waals surface area contributed by atoms with Crippen molar-refractivity contribution in [3.8, 4) is 0 Å². The second-order valence-electron chi connectivity index (χ2n) is 8.03. The van der Waals surface area contributed by atoms with Gasteiger partial charge in [0.1, 0.15) is 0 Å². The number of aromatic nitrogens is 2. The highest BCUT2D eigenvalue weighted by Gasteiger charge is 2.31. The molecule has 1 atom stereocenters. The minimum absolute atomic E-state index is 0.0428. The second-order valence-corrected chi connectivity index (χ2v) is 10.3. The highest BCUT2D eigenvalue weighted by Crippen LogP contribution is 2.38. The van der Waals surface area contributed by atoms with Crippen LogP contribution in [-0.4, -0.2) is 59.8 Å². The summed E-state index contributed by atoms with van der Waals surface area (Å²) >= 11 is 0. The Morgan fingerprint density at radius 2 is 1.89 bits per heavy atom. The second kappa shape index (κ2) is 7.26. The number of likely N-dealkylation sites (tertiary alicyclic amines) is 1. The van der Waals surface area contributed by atoms with Crippen molar-refractivity contribution in [3.05, 3.63) is 28.2 Å². The van der Waals surface area contributed by atoms with Gasteiger partial charge in [-0.25, -0.2) is 17.9 Å². The average Bonchev–Trinajstić information content (AvgIpc) is 3.42. The fourth-order valence-corrected chi connectivity index (χ4v) is 5.60. The molecule has 2 saturated heterocycles. The lowest BCUT2D eigenvalue weighted by Crippen LogP contribution is -2.48. The number of hydrogen-bond donors (Lipinski definition) is 1. The van der Waals surface area contributed by atoms with E-state index in [1.807, 2.05) is 6.07 Å². The third-order valence-electron chi connectivity index (χ3n) is 5.78. The van der Waals surface area contributed by atoms with Crippen LogP contribution < -0.4 is 10.9 Å². The van der Waals surface area contributed by atoms with E-state index in [1.54, 1.807) is 15.6 Å². The maximum atomic E-state index is 12.4. The van der Waals surface area contributed by atoms with Crippen molar-refractivity contribution < 1.29 is 13.2 Å². The quantitative estimate of drug-likeness (QED) is 0.811. The van der Waals surface area contributed by atoms with Crippen LogP contribution in [0.5, 0.6) is 0 Å². The SMILES string of the molecule is O=C(NC1CCS(=O)(=O)C1)N1CCC(Cn2nc(C3CC3)ccc2=O)CC1. The van der Waals surface area contributed by atoms with E-state index in [9.17, 15) is 18.0 Å². The van der Waals surface area contributed by atoms with E-state index in [2.05, 4.69) is 10.4 Å². The number of nitrogens with zero attached hydrogens (tertiary/aromatic N) is 3. The molecular weight excluding hydrogens is 368 g/mol. The number of nitrogens with one attached hydrogen (secondary N) is 1. The summed E-state index contributed by atoms with van der Waals surface area (Å²) in [7, 11) is -3.00. The van der Waals surface area contributed by atoms with Gasteiger partial charge in [0, 0.05) is 37.7 Å². The Kier molecular flexibility index (Phi) is 4.96. The summed E-state index contributed by atoms with van der Waals surface area (Å²) in [5.74, 6) is 1.03. The van der Waals surface area contributed by atoms with Gasteiger partial charge in [-0.2, -0.15) is 5.10 Å². The van der Waals surface area contributed by atoms with Crippen molar-refractivity contribution in [1.82, 2.24) is 20.0 Å². The van der Waals surface area contributed by atoms with Crippen LogP contribution >= 0.6 is 0 Å². The molecule has 1 aromatic heterocycles. The van der Waals surface area contributed by atoms with Gasteiger partial charge in [-0.15, -0.1) is 0 Å². The summed E-state index contributed by atoms with van der Waals surface area (Å²) in [4.78, 5) is 26.2. The summed E-state index contributed by atoms with van der Waals surface area (Å²) in [6, 6.07) is 3.00. The van der Waals surface area contributed by atoms with Gasteiger partial charge in [0.25, 0.3) is 5.56 Å². The van der Waals surface area contributed by atoms with E-state index in [0.29, 0.717) is 37.9 Å². The number of carbonyl (C=O) groups is 1. The highest BCUT2D eigenvalue weighted by atomic mass is 32.2. The Balaban J connectivity index is 1.28. The van der Waals surface area contributed by atoms with E-state index in [0.717, 1.165) is 31.4 Å². The zero-order chi connectivity index (χ0) is 19.0. The first-order chi connectivity index (χ1) is 12.9. The molecule has 3 fully saturated rings. The van der Waals surface area contributed by atoms with Gasteiger partial charge in [-0.3, -0.25) is 4.79 Å². The molecule has 2 amide bonds. The summed E-state index contributed by atoms with van der Waals surface area (Å²) < 4.78 is 24.6. The highest BCUT2D eigenvalue weighted by molar-refractivity contribution is 7.91. The molecule has 3 heterocycles. The third-order valence-corrected chi connectivity index (χ3v) is 7.54. The average molecular weight is 394 g/mol. The van der Waals surface area contributed by atoms with Crippen molar-refractivity contribution in [3.63, 3.8) is 0 Å². The van der Waals surface area contributed by atoms with Crippen LogP contribution in [-0.2, 0) is 16.4 Å². The fourth-order valence-electron chi connectivity index (χ4n) is 3.93. The topological polar surface area (TPSA) is 101 Å². The standard InChI is InChI=1S/C18H26N4O4S/c23-17-4-3-16(14-1-2-14)20-22(17)11-13-5-8-21(9-6-13)18(24)19-15-7-10-27(25,26)12-15/h3-4,13-15H,1-2,5-12H2,(H,19,24). The lowest BCUT2D eigenvalue weighted by molar-refractivity contribution is 0.161. The molecule has 1 aliphatic carbocycles. The molecule has 0 aromatic carbocycles. The van der Waals surface area contributed by atoms with Crippen LogP contribution in [0.15, 0.2) is 16.9 Å². The Hall–Kier alpha value is -1.90. The minimum Gasteiger partial charge on any atom is -0.334 e. The van der Waals surface area contributed by atoms with Crippen LogP contribution in [0.2, 0.25) is 0 Å². The van der Waals surface area contributed by atoms with E-state index in [1.165, 1.54) is 0 Å². The molecule has 148 valence electrons. The van der Waals surface area contributed by atoms with Crippen LogP contribution in [0, 0.1) is 5.92 Å². The van der Waals surface area contributed by atoms with E-state index in [4.69, 9.17) is 0 Å². The third kappa shape index (κ3) is 4.51. The normalized spacial score (nSPS) is 25.5. The van der Waals surface area contributed by atoms with Crippen LogP contribution in [0.4, 0.5) is 4.79 Å². The molecule has 1 unspecified atom stereocenters. The largest absolute Gasteiger partial charge is 0.334 e. The van der Waals surface area contributed by atoms with E-state index < -0.39 is 9.84 Å². The number of hydrogen-bond acceptors (Lipinski definition) is 5. The maximum absolute atomic E-state index is 12.4. The molecule has 4 rings (SSSR count). The molecule has 0 spiro atoms. The van der Waals surface area contributed by atoms with Gasteiger partial charge in [-0.1, -0.05) is 0 Å². The molecule has 2 aliphatic heterocycles. The van der Waals surface area contributed by atoms with Gasteiger partial charge >= 0.3 is 6.03 Å². The minimum atomic E-state index is -3.00. The maximum Gasteiger partial charge on any atom is 0.317 e. The molecule has 0 radical (unpaired) electrons. The first-order valence-corrected chi connectivity index (χ1v) is 11.6.